The fraction of sp³-hybridized carbons (Fsp3) is 0.250. The lowest BCUT2D eigenvalue weighted by Gasteiger charge is -2.13. The molecule has 1 heterocycles. The van der Waals surface area contributed by atoms with E-state index in [0.717, 1.165) is 27.4 Å². The largest absolute Gasteiger partial charge is 0.496 e. The van der Waals surface area contributed by atoms with Crippen LogP contribution >= 0.6 is 15.9 Å². The Kier molecular flexibility index (Phi) is 5.52. The molecule has 0 aliphatic heterocycles. The highest BCUT2D eigenvalue weighted by Gasteiger charge is 2.11. The van der Waals surface area contributed by atoms with Crippen molar-refractivity contribution < 1.29 is 18.6 Å². The van der Waals surface area contributed by atoms with Gasteiger partial charge in [0.1, 0.15) is 29.4 Å². The van der Waals surface area contributed by atoms with Crippen molar-refractivity contribution in [2.75, 3.05) is 14.2 Å². The maximum absolute atomic E-state index is 11.7. The molecule has 3 aromatic rings. The standard InChI is InChI=1S/C20H19BrO5/c1-4-12-8-20(22)26-18-9-14(5-6-15(12)18)25-11-13-7-19(24-3)16(21)10-17(13)23-2/h5-10H,4,11H2,1-3H3. The molecule has 0 atom stereocenters. The summed E-state index contributed by atoms with van der Waals surface area (Å²) in [5.41, 5.74) is 1.97. The van der Waals surface area contributed by atoms with Crippen LogP contribution in [0.2, 0.25) is 0 Å². The van der Waals surface area contributed by atoms with Crippen LogP contribution < -0.4 is 19.8 Å². The van der Waals surface area contributed by atoms with Crippen LogP contribution in [0, 0.1) is 0 Å². The summed E-state index contributed by atoms with van der Waals surface area (Å²) in [6.07, 6.45) is 0.762. The Bertz CT molecular complexity index is 993. The van der Waals surface area contributed by atoms with Gasteiger partial charge in [0.15, 0.2) is 0 Å². The number of hydrogen-bond acceptors (Lipinski definition) is 5. The minimum absolute atomic E-state index is 0.288. The molecule has 3 rings (SSSR count). The number of hydrogen-bond donors (Lipinski definition) is 0. The summed E-state index contributed by atoms with van der Waals surface area (Å²) < 4.78 is 22.7. The van der Waals surface area contributed by atoms with Crippen molar-refractivity contribution in [1.82, 2.24) is 0 Å². The van der Waals surface area contributed by atoms with Crippen LogP contribution in [-0.2, 0) is 13.0 Å². The van der Waals surface area contributed by atoms with E-state index in [1.165, 1.54) is 6.07 Å². The average molecular weight is 419 g/mol. The Morgan fingerprint density at radius 1 is 1.00 bits per heavy atom. The van der Waals surface area contributed by atoms with E-state index >= 15 is 0 Å². The summed E-state index contributed by atoms with van der Waals surface area (Å²) in [5, 5.41) is 0.919. The number of rotatable bonds is 6. The molecule has 1 aromatic heterocycles. The topological polar surface area (TPSA) is 57.9 Å². The minimum Gasteiger partial charge on any atom is -0.496 e. The summed E-state index contributed by atoms with van der Waals surface area (Å²) in [4.78, 5) is 11.7. The van der Waals surface area contributed by atoms with E-state index < -0.39 is 0 Å². The van der Waals surface area contributed by atoms with Gasteiger partial charge in [-0.25, -0.2) is 4.79 Å². The lowest BCUT2D eigenvalue weighted by molar-refractivity contribution is 0.295. The highest BCUT2D eigenvalue weighted by molar-refractivity contribution is 9.10. The molecule has 0 fully saturated rings. The van der Waals surface area contributed by atoms with Gasteiger partial charge in [0.05, 0.1) is 18.7 Å². The number of benzene rings is 2. The lowest BCUT2D eigenvalue weighted by atomic mass is 10.1. The van der Waals surface area contributed by atoms with E-state index in [9.17, 15) is 4.79 Å². The molecule has 136 valence electrons. The first-order valence-corrected chi connectivity index (χ1v) is 8.95. The maximum Gasteiger partial charge on any atom is 0.336 e. The van der Waals surface area contributed by atoms with Gasteiger partial charge in [-0.2, -0.15) is 0 Å². The van der Waals surface area contributed by atoms with Crippen molar-refractivity contribution in [3.63, 3.8) is 0 Å². The number of aryl methyl sites for hydroxylation is 1. The zero-order valence-electron chi connectivity index (χ0n) is 14.8. The Morgan fingerprint density at radius 3 is 2.46 bits per heavy atom. The Morgan fingerprint density at radius 2 is 1.77 bits per heavy atom. The first-order chi connectivity index (χ1) is 12.5. The van der Waals surface area contributed by atoms with E-state index in [0.29, 0.717) is 22.8 Å². The summed E-state index contributed by atoms with van der Waals surface area (Å²) in [6, 6.07) is 10.7. The van der Waals surface area contributed by atoms with Crippen LogP contribution in [0.1, 0.15) is 18.1 Å². The molecule has 0 N–H and O–H groups in total. The Labute approximate surface area is 159 Å². The van der Waals surface area contributed by atoms with E-state index in [1.807, 2.05) is 31.2 Å². The minimum atomic E-state index is -0.356. The van der Waals surface area contributed by atoms with Crippen LogP contribution in [0.5, 0.6) is 17.2 Å². The quantitative estimate of drug-likeness (QED) is 0.542. The molecule has 0 unspecified atom stereocenters. The lowest BCUT2D eigenvalue weighted by Crippen LogP contribution is -2.02. The molecule has 0 aliphatic carbocycles. The molecule has 0 radical (unpaired) electrons. The van der Waals surface area contributed by atoms with Gasteiger partial charge < -0.3 is 18.6 Å². The number of methoxy groups -OCH3 is 2. The molecule has 0 spiro atoms. The van der Waals surface area contributed by atoms with Crippen molar-refractivity contribution in [1.29, 1.82) is 0 Å². The van der Waals surface area contributed by atoms with Crippen molar-refractivity contribution in [2.45, 2.75) is 20.0 Å². The van der Waals surface area contributed by atoms with Crippen LogP contribution in [0.15, 0.2) is 50.1 Å². The fourth-order valence-electron chi connectivity index (χ4n) is 2.79. The fourth-order valence-corrected chi connectivity index (χ4v) is 3.27. The van der Waals surface area contributed by atoms with Crippen molar-refractivity contribution in [3.8, 4) is 17.2 Å². The highest BCUT2D eigenvalue weighted by Crippen LogP contribution is 2.33. The molecule has 0 amide bonds. The van der Waals surface area contributed by atoms with Gasteiger partial charge in [0, 0.05) is 23.1 Å². The Balaban J connectivity index is 1.89. The van der Waals surface area contributed by atoms with Crippen molar-refractivity contribution in [3.05, 3.63) is 62.4 Å². The molecule has 0 aliphatic rings. The van der Waals surface area contributed by atoms with Crippen LogP contribution in [0.25, 0.3) is 11.0 Å². The first-order valence-electron chi connectivity index (χ1n) is 8.15. The van der Waals surface area contributed by atoms with E-state index in [2.05, 4.69) is 15.9 Å². The van der Waals surface area contributed by atoms with E-state index in [-0.39, 0.29) is 12.2 Å². The Hall–Kier alpha value is -2.47. The van der Waals surface area contributed by atoms with Crippen molar-refractivity contribution >= 4 is 26.9 Å². The molecular weight excluding hydrogens is 400 g/mol. The molecule has 2 aromatic carbocycles. The van der Waals surface area contributed by atoms with Gasteiger partial charge in [-0.1, -0.05) is 6.92 Å². The smallest absolute Gasteiger partial charge is 0.336 e. The molecule has 0 saturated heterocycles. The number of ether oxygens (including phenoxy) is 3. The molecule has 0 bridgehead atoms. The predicted octanol–water partition coefficient (Wildman–Crippen LogP) is 4.71. The van der Waals surface area contributed by atoms with Gasteiger partial charge in [0.2, 0.25) is 0 Å². The first kappa shape index (κ1) is 18.3. The van der Waals surface area contributed by atoms with Gasteiger partial charge >= 0.3 is 5.63 Å². The summed E-state index contributed by atoms with van der Waals surface area (Å²) in [5.74, 6) is 2.00. The summed E-state index contributed by atoms with van der Waals surface area (Å²) >= 11 is 3.44. The molecule has 6 heteroatoms. The van der Waals surface area contributed by atoms with Crippen LogP contribution in [0.3, 0.4) is 0 Å². The van der Waals surface area contributed by atoms with Crippen LogP contribution in [0.4, 0.5) is 0 Å². The zero-order chi connectivity index (χ0) is 18.7. The molecule has 26 heavy (non-hydrogen) atoms. The molecular formula is C20H19BrO5. The average Bonchev–Trinajstić information content (AvgIpc) is 2.65. The zero-order valence-corrected chi connectivity index (χ0v) is 16.4. The monoisotopic (exact) mass is 418 g/mol. The number of fused-ring (bicyclic) bond motifs is 1. The van der Waals surface area contributed by atoms with Gasteiger partial charge in [-0.05, 0) is 52.2 Å². The second-order valence-corrected chi connectivity index (χ2v) is 6.54. The third kappa shape index (κ3) is 3.70. The second-order valence-electron chi connectivity index (χ2n) is 5.69. The maximum atomic E-state index is 11.7. The normalized spacial score (nSPS) is 10.8. The van der Waals surface area contributed by atoms with Crippen LogP contribution in [-0.4, -0.2) is 14.2 Å². The van der Waals surface area contributed by atoms with Crippen molar-refractivity contribution in [2.24, 2.45) is 0 Å². The summed E-state index contributed by atoms with van der Waals surface area (Å²) in [6.45, 7) is 2.29. The highest BCUT2D eigenvalue weighted by atomic mass is 79.9. The predicted molar refractivity (Wildman–Crippen MR) is 103 cm³/mol. The summed E-state index contributed by atoms with van der Waals surface area (Å²) in [7, 11) is 3.21. The van der Waals surface area contributed by atoms with Gasteiger partial charge in [0.25, 0.3) is 0 Å². The van der Waals surface area contributed by atoms with E-state index in [4.69, 9.17) is 18.6 Å². The SMILES string of the molecule is CCc1cc(=O)oc2cc(OCc3cc(OC)c(Br)cc3OC)ccc12. The molecule has 0 saturated carbocycles. The second kappa shape index (κ2) is 7.83. The van der Waals surface area contributed by atoms with Gasteiger partial charge in [-0.3, -0.25) is 0 Å². The van der Waals surface area contributed by atoms with Gasteiger partial charge in [-0.15, -0.1) is 0 Å². The molecule has 5 nitrogen and oxygen atoms in total. The number of halogens is 1. The third-order valence-corrected chi connectivity index (χ3v) is 4.75. The van der Waals surface area contributed by atoms with E-state index in [1.54, 1.807) is 20.3 Å². The third-order valence-electron chi connectivity index (χ3n) is 4.13.